The van der Waals surface area contributed by atoms with Gasteiger partial charge in [-0.05, 0) is 24.3 Å². The fraction of sp³-hybridized carbons (Fsp3) is 0.0667. The fourth-order valence-electron chi connectivity index (χ4n) is 2.08. The van der Waals surface area contributed by atoms with E-state index in [4.69, 9.17) is 10.5 Å². The molecule has 0 atom stereocenters. The number of nitrogens with one attached hydrogen (secondary N) is 1. The number of ether oxygens (including phenoxy) is 1. The molecule has 0 amide bonds. The van der Waals surface area contributed by atoms with E-state index in [9.17, 15) is 4.79 Å². The Labute approximate surface area is 128 Å². The largest absolute Gasteiger partial charge is 0.489 e. The van der Waals surface area contributed by atoms with E-state index in [-0.39, 0.29) is 11.5 Å². The van der Waals surface area contributed by atoms with Crippen molar-refractivity contribution in [2.45, 2.75) is 6.61 Å². The van der Waals surface area contributed by atoms with Crippen molar-refractivity contribution >= 4 is 32.8 Å². The molecule has 0 aliphatic rings. The maximum absolute atomic E-state index is 11.9. The molecule has 0 aliphatic heterocycles. The van der Waals surface area contributed by atoms with E-state index < -0.39 is 0 Å². The van der Waals surface area contributed by atoms with Gasteiger partial charge in [-0.1, -0.05) is 34.1 Å². The number of nitrogens with two attached hydrogens (primary N) is 1. The Hall–Kier alpha value is -2.34. The quantitative estimate of drug-likeness (QED) is 0.764. The van der Waals surface area contributed by atoms with Crippen LogP contribution in [0.25, 0.3) is 10.9 Å². The van der Waals surface area contributed by atoms with Gasteiger partial charge in [-0.2, -0.15) is 0 Å². The molecule has 0 unspecified atom stereocenters. The first-order valence-electron chi connectivity index (χ1n) is 6.29. The summed E-state index contributed by atoms with van der Waals surface area (Å²) in [5.41, 5.74) is 6.70. The number of para-hydroxylation sites is 1. The Morgan fingerprint density at radius 3 is 2.76 bits per heavy atom. The summed E-state index contributed by atoms with van der Waals surface area (Å²) in [6.07, 6.45) is 0. The molecule has 1 aromatic heterocycles. The standard InChI is InChI=1S/C15H12BrN3O2/c16-10-6-9(8-21-11-4-2-1-3-5-11)13-12(7-10)14(20)19-15(17)18-13/h1-7H,8H2,(H3,17,18,19,20). The van der Waals surface area contributed by atoms with Crippen molar-refractivity contribution in [3.05, 3.63) is 62.9 Å². The number of fused-ring (bicyclic) bond motifs is 1. The number of hydrogen-bond acceptors (Lipinski definition) is 4. The van der Waals surface area contributed by atoms with Crippen LogP contribution in [0.5, 0.6) is 5.75 Å². The predicted molar refractivity (Wildman–Crippen MR) is 85.3 cm³/mol. The molecule has 0 saturated carbocycles. The van der Waals surface area contributed by atoms with E-state index >= 15 is 0 Å². The van der Waals surface area contributed by atoms with Gasteiger partial charge in [0.15, 0.2) is 0 Å². The summed E-state index contributed by atoms with van der Waals surface area (Å²) in [5.74, 6) is 0.847. The molecule has 0 fully saturated rings. The second-order valence-electron chi connectivity index (χ2n) is 4.51. The third-order valence-corrected chi connectivity index (χ3v) is 3.47. The minimum Gasteiger partial charge on any atom is -0.489 e. The summed E-state index contributed by atoms with van der Waals surface area (Å²) in [4.78, 5) is 18.6. The van der Waals surface area contributed by atoms with Crippen LogP contribution in [0.2, 0.25) is 0 Å². The highest BCUT2D eigenvalue weighted by atomic mass is 79.9. The highest BCUT2D eigenvalue weighted by Gasteiger charge is 2.10. The SMILES string of the molecule is Nc1nc2c(COc3ccccc3)cc(Br)cc2c(=O)[nH]1. The summed E-state index contributed by atoms with van der Waals surface area (Å²) >= 11 is 3.39. The van der Waals surface area contributed by atoms with E-state index in [2.05, 4.69) is 25.9 Å². The molecule has 1 heterocycles. The van der Waals surface area contributed by atoms with Crippen LogP contribution in [0.4, 0.5) is 5.95 Å². The molecule has 0 radical (unpaired) electrons. The summed E-state index contributed by atoms with van der Waals surface area (Å²) in [7, 11) is 0. The van der Waals surface area contributed by atoms with Gasteiger partial charge in [0.25, 0.3) is 5.56 Å². The molecular formula is C15H12BrN3O2. The van der Waals surface area contributed by atoms with Gasteiger partial charge in [0.2, 0.25) is 5.95 Å². The second kappa shape index (κ2) is 5.57. The molecular weight excluding hydrogens is 334 g/mol. The number of hydrogen-bond donors (Lipinski definition) is 2. The third-order valence-electron chi connectivity index (χ3n) is 3.01. The number of H-pyrrole nitrogens is 1. The van der Waals surface area contributed by atoms with Crippen molar-refractivity contribution in [3.8, 4) is 5.75 Å². The predicted octanol–water partition coefficient (Wildman–Crippen LogP) is 2.85. The first-order chi connectivity index (χ1) is 10.1. The molecule has 21 heavy (non-hydrogen) atoms. The lowest BCUT2D eigenvalue weighted by atomic mass is 10.1. The van der Waals surface area contributed by atoms with E-state index in [0.717, 1.165) is 15.8 Å². The van der Waals surface area contributed by atoms with E-state index in [1.807, 2.05) is 36.4 Å². The zero-order valence-electron chi connectivity index (χ0n) is 11.0. The number of benzene rings is 2. The molecule has 106 valence electrons. The molecule has 2 aromatic carbocycles. The zero-order valence-corrected chi connectivity index (χ0v) is 12.6. The molecule has 3 aromatic rings. The van der Waals surface area contributed by atoms with Gasteiger partial charge in [0, 0.05) is 10.0 Å². The Balaban J connectivity index is 2.03. The molecule has 3 rings (SSSR count). The van der Waals surface area contributed by atoms with Crippen LogP contribution in [0, 0.1) is 0 Å². The van der Waals surface area contributed by atoms with Crippen LogP contribution in [0.1, 0.15) is 5.56 Å². The normalized spacial score (nSPS) is 10.7. The second-order valence-corrected chi connectivity index (χ2v) is 5.43. The fourth-order valence-corrected chi connectivity index (χ4v) is 2.59. The minimum absolute atomic E-state index is 0.0933. The van der Waals surface area contributed by atoms with Crippen LogP contribution in [-0.2, 0) is 6.61 Å². The molecule has 6 heteroatoms. The van der Waals surface area contributed by atoms with Gasteiger partial charge >= 0.3 is 0 Å². The molecule has 3 N–H and O–H groups in total. The summed E-state index contributed by atoms with van der Waals surface area (Å²) in [5, 5.41) is 0.477. The highest BCUT2D eigenvalue weighted by molar-refractivity contribution is 9.10. The molecule has 0 spiro atoms. The van der Waals surface area contributed by atoms with Crippen molar-refractivity contribution in [2.24, 2.45) is 0 Å². The first kappa shape index (κ1) is 13.6. The average Bonchev–Trinajstić information content (AvgIpc) is 2.47. The lowest BCUT2D eigenvalue weighted by Gasteiger charge is -2.09. The Morgan fingerprint density at radius 1 is 1.24 bits per heavy atom. The lowest BCUT2D eigenvalue weighted by molar-refractivity contribution is 0.307. The summed E-state index contributed by atoms with van der Waals surface area (Å²) in [6.45, 7) is 0.301. The molecule has 0 saturated heterocycles. The van der Waals surface area contributed by atoms with Crippen molar-refractivity contribution < 1.29 is 4.74 Å². The highest BCUT2D eigenvalue weighted by Crippen LogP contribution is 2.22. The van der Waals surface area contributed by atoms with Crippen LogP contribution in [0.3, 0.4) is 0 Å². The number of rotatable bonds is 3. The minimum atomic E-state index is -0.264. The Kier molecular flexibility index (Phi) is 3.62. The maximum atomic E-state index is 11.9. The van der Waals surface area contributed by atoms with Gasteiger partial charge in [-0.3, -0.25) is 9.78 Å². The first-order valence-corrected chi connectivity index (χ1v) is 7.08. The molecule has 5 nitrogen and oxygen atoms in total. The molecule has 0 bridgehead atoms. The number of halogens is 1. The van der Waals surface area contributed by atoms with Crippen LogP contribution in [0.15, 0.2) is 51.7 Å². The topological polar surface area (TPSA) is 81.0 Å². The third kappa shape index (κ3) is 2.90. The van der Waals surface area contributed by atoms with Crippen LogP contribution in [-0.4, -0.2) is 9.97 Å². The lowest BCUT2D eigenvalue weighted by Crippen LogP contribution is -2.12. The van der Waals surface area contributed by atoms with Crippen molar-refractivity contribution in [1.82, 2.24) is 9.97 Å². The maximum Gasteiger partial charge on any atom is 0.260 e. The Morgan fingerprint density at radius 2 is 2.00 bits per heavy atom. The smallest absolute Gasteiger partial charge is 0.260 e. The number of aromatic nitrogens is 2. The number of nitrogens with zero attached hydrogens (tertiary/aromatic N) is 1. The van der Waals surface area contributed by atoms with Gasteiger partial charge < -0.3 is 10.5 Å². The monoisotopic (exact) mass is 345 g/mol. The summed E-state index contributed by atoms with van der Waals surface area (Å²) in [6, 6.07) is 13.0. The van der Waals surface area contributed by atoms with E-state index in [0.29, 0.717) is 17.5 Å². The number of anilines is 1. The summed E-state index contributed by atoms with van der Waals surface area (Å²) < 4.78 is 6.51. The van der Waals surface area contributed by atoms with E-state index in [1.54, 1.807) is 6.07 Å². The van der Waals surface area contributed by atoms with Gasteiger partial charge in [0.1, 0.15) is 12.4 Å². The van der Waals surface area contributed by atoms with Crippen LogP contribution < -0.4 is 16.0 Å². The number of aromatic amines is 1. The average molecular weight is 346 g/mol. The van der Waals surface area contributed by atoms with Crippen LogP contribution >= 0.6 is 15.9 Å². The Bertz CT molecular complexity index is 847. The van der Waals surface area contributed by atoms with Crippen molar-refractivity contribution in [3.63, 3.8) is 0 Å². The van der Waals surface area contributed by atoms with Gasteiger partial charge in [0.05, 0.1) is 10.9 Å². The van der Waals surface area contributed by atoms with E-state index in [1.165, 1.54) is 0 Å². The van der Waals surface area contributed by atoms with Crippen molar-refractivity contribution in [1.29, 1.82) is 0 Å². The van der Waals surface area contributed by atoms with Crippen molar-refractivity contribution in [2.75, 3.05) is 5.73 Å². The molecule has 0 aliphatic carbocycles. The van der Waals surface area contributed by atoms with Gasteiger partial charge in [-0.25, -0.2) is 4.98 Å². The number of nitrogen functional groups attached to an aromatic ring is 1. The van der Waals surface area contributed by atoms with Gasteiger partial charge in [-0.15, -0.1) is 0 Å². The zero-order chi connectivity index (χ0) is 14.8.